The summed E-state index contributed by atoms with van der Waals surface area (Å²) in [7, 11) is 0. The molecule has 0 spiro atoms. The first-order valence-corrected chi connectivity index (χ1v) is 6.63. The van der Waals surface area contributed by atoms with Gasteiger partial charge in [0.2, 0.25) is 0 Å². The van der Waals surface area contributed by atoms with Gasteiger partial charge in [0, 0.05) is 6.04 Å². The molecule has 0 heterocycles. The summed E-state index contributed by atoms with van der Waals surface area (Å²) in [5.41, 5.74) is 0. The minimum Gasteiger partial charge on any atom is -0.374 e. The SMILES string of the molecule is CCNC1CCCCCCC1OC(C)C. The highest BCUT2D eigenvalue weighted by Gasteiger charge is 2.23. The molecular formula is C13H27NO. The second-order valence-electron chi connectivity index (χ2n) is 4.88. The summed E-state index contributed by atoms with van der Waals surface area (Å²) < 4.78 is 6.03. The molecule has 15 heavy (non-hydrogen) atoms. The van der Waals surface area contributed by atoms with E-state index in [0.29, 0.717) is 18.2 Å². The zero-order chi connectivity index (χ0) is 11.1. The molecule has 90 valence electrons. The molecule has 0 aliphatic heterocycles. The Bertz CT molecular complexity index is 159. The highest BCUT2D eigenvalue weighted by Crippen LogP contribution is 2.21. The molecular weight excluding hydrogens is 186 g/mol. The van der Waals surface area contributed by atoms with E-state index in [4.69, 9.17) is 4.74 Å². The van der Waals surface area contributed by atoms with E-state index in [1.165, 1.54) is 38.5 Å². The van der Waals surface area contributed by atoms with Crippen LogP contribution in [0, 0.1) is 0 Å². The van der Waals surface area contributed by atoms with E-state index in [0.717, 1.165) is 6.54 Å². The van der Waals surface area contributed by atoms with Crippen molar-refractivity contribution in [2.45, 2.75) is 77.5 Å². The molecule has 1 fully saturated rings. The Balaban J connectivity index is 2.47. The maximum atomic E-state index is 6.03. The molecule has 1 aliphatic rings. The first kappa shape index (κ1) is 13.0. The summed E-state index contributed by atoms with van der Waals surface area (Å²) in [6, 6.07) is 0.581. The average Bonchev–Trinajstić information content (AvgIpc) is 2.15. The predicted molar refractivity (Wildman–Crippen MR) is 65.2 cm³/mol. The molecule has 0 aromatic rings. The summed E-state index contributed by atoms with van der Waals surface area (Å²) in [6.45, 7) is 7.53. The van der Waals surface area contributed by atoms with Gasteiger partial charge in [0.1, 0.15) is 0 Å². The van der Waals surface area contributed by atoms with E-state index in [9.17, 15) is 0 Å². The summed E-state index contributed by atoms with van der Waals surface area (Å²) in [5, 5.41) is 3.58. The summed E-state index contributed by atoms with van der Waals surface area (Å²) >= 11 is 0. The van der Waals surface area contributed by atoms with Crippen molar-refractivity contribution in [1.29, 1.82) is 0 Å². The van der Waals surface area contributed by atoms with Crippen LogP contribution in [0.1, 0.15) is 59.3 Å². The topological polar surface area (TPSA) is 21.3 Å². The minimum atomic E-state index is 0.357. The van der Waals surface area contributed by atoms with Crippen molar-refractivity contribution in [1.82, 2.24) is 5.32 Å². The second kappa shape index (κ2) is 7.24. The molecule has 0 radical (unpaired) electrons. The van der Waals surface area contributed by atoms with Crippen LogP contribution in [0.3, 0.4) is 0 Å². The maximum absolute atomic E-state index is 6.03. The van der Waals surface area contributed by atoms with Crippen molar-refractivity contribution >= 4 is 0 Å². The molecule has 1 rings (SSSR count). The monoisotopic (exact) mass is 213 g/mol. The lowest BCUT2D eigenvalue weighted by Gasteiger charge is -2.31. The van der Waals surface area contributed by atoms with Crippen LogP contribution < -0.4 is 5.32 Å². The first-order chi connectivity index (χ1) is 7.24. The zero-order valence-electron chi connectivity index (χ0n) is 10.6. The van der Waals surface area contributed by atoms with Crippen molar-refractivity contribution in [3.63, 3.8) is 0 Å². The summed E-state index contributed by atoms with van der Waals surface area (Å²) in [4.78, 5) is 0. The number of likely N-dealkylation sites (N-methyl/N-ethyl adjacent to an activating group) is 1. The average molecular weight is 213 g/mol. The van der Waals surface area contributed by atoms with Gasteiger partial charge < -0.3 is 10.1 Å². The third-order valence-corrected chi connectivity index (χ3v) is 3.12. The standard InChI is InChI=1S/C13H27NO/c1-4-14-12-9-7-5-6-8-10-13(12)15-11(2)3/h11-14H,4-10H2,1-3H3. The molecule has 0 aromatic carbocycles. The molecule has 0 saturated heterocycles. The van der Waals surface area contributed by atoms with Gasteiger partial charge in [-0.25, -0.2) is 0 Å². The molecule has 0 amide bonds. The van der Waals surface area contributed by atoms with Gasteiger partial charge >= 0.3 is 0 Å². The van der Waals surface area contributed by atoms with E-state index >= 15 is 0 Å². The summed E-state index contributed by atoms with van der Waals surface area (Å²) in [6.07, 6.45) is 8.78. The Labute approximate surface area is 94.8 Å². The van der Waals surface area contributed by atoms with Crippen molar-refractivity contribution < 1.29 is 4.74 Å². The Kier molecular flexibility index (Phi) is 6.26. The molecule has 0 aromatic heterocycles. The van der Waals surface area contributed by atoms with Gasteiger partial charge in [-0.05, 0) is 33.2 Å². The number of nitrogens with one attached hydrogen (secondary N) is 1. The van der Waals surface area contributed by atoms with Crippen LogP contribution in [-0.4, -0.2) is 24.8 Å². The third kappa shape index (κ3) is 4.98. The molecule has 1 aliphatic carbocycles. The fraction of sp³-hybridized carbons (Fsp3) is 1.00. The van der Waals surface area contributed by atoms with E-state index in [1.54, 1.807) is 0 Å². The van der Waals surface area contributed by atoms with Crippen molar-refractivity contribution in [2.75, 3.05) is 6.54 Å². The van der Waals surface area contributed by atoms with Gasteiger partial charge in [-0.3, -0.25) is 0 Å². The van der Waals surface area contributed by atoms with Gasteiger partial charge in [-0.1, -0.05) is 32.6 Å². The molecule has 2 atom stereocenters. The van der Waals surface area contributed by atoms with E-state index < -0.39 is 0 Å². The lowest BCUT2D eigenvalue weighted by Crippen LogP contribution is -2.43. The molecule has 1 saturated carbocycles. The fourth-order valence-corrected chi connectivity index (χ4v) is 2.46. The lowest BCUT2D eigenvalue weighted by atomic mass is 9.94. The van der Waals surface area contributed by atoms with Gasteiger partial charge in [-0.2, -0.15) is 0 Å². The Hall–Kier alpha value is -0.0800. The van der Waals surface area contributed by atoms with Gasteiger partial charge in [0.05, 0.1) is 12.2 Å². The van der Waals surface area contributed by atoms with E-state index in [1.807, 2.05) is 0 Å². The van der Waals surface area contributed by atoms with Crippen molar-refractivity contribution in [3.05, 3.63) is 0 Å². The van der Waals surface area contributed by atoms with Crippen molar-refractivity contribution in [2.24, 2.45) is 0 Å². The Morgan fingerprint density at radius 2 is 1.80 bits per heavy atom. The number of ether oxygens (including phenoxy) is 1. The van der Waals surface area contributed by atoms with Gasteiger partial charge in [0.25, 0.3) is 0 Å². The highest BCUT2D eigenvalue weighted by atomic mass is 16.5. The number of rotatable bonds is 4. The quantitative estimate of drug-likeness (QED) is 0.775. The van der Waals surface area contributed by atoms with Gasteiger partial charge in [-0.15, -0.1) is 0 Å². The number of hydrogen-bond acceptors (Lipinski definition) is 2. The van der Waals surface area contributed by atoms with Crippen LogP contribution in [0.25, 0.3) is 0 Å². The minimum absolute atomic E-state index is 0.357. The van der Waals surface area contributed by atoms with Crippen LogP contribution >= 0.6 is 0 Å². The van der Waals surface area contributed by atoms with Crippen LogP contribution in [0.5, 0.6) is 0 Å². The third-order valence-electron chi connectivity index (χ3n) is 3.12. The molecule has 2 nitrogen and oxygen atoms in total. The van der Waals surface area contributed by atoms with Gasteiger partial charge in [0.15, 0.2) is 0 Å². The largest absolute Gasteiger partial charge is 0.374 e. The molecule has 2 heteroatoms. The summed E-state index contributed by atoms with van der Waals surface area (Å²) in [5.74, 6) is 0. The van der Waals surface area contributed by atoms with Crippen molar-refractivity contribution in [3.8, 4) is 0 Å². The molecule has 0 bridgehead atoms. The van der Waals surface area contributed by atoms with Crippen LogP contribution in [-0.2, 0) is 4.74 Å². The second-order valence-corrected chi connectivity index (χ2v) is 4.88. The van der Waals surface area contributed by atoms with E-state index in [-0.39, 0.29) is 0 Å². The number of hydrogen-bond donors (Lipinski definition) is 1. The highest BCUT2D eigenvalue weighted by molar-refractivity contribution is 4.79. The normalized spacial score (nSPS) is 28.8. The first-order valence-electron chi connectivity index (χ1n) is 6.63. The molecule has 2 unspecified atom stereocenters. The van der Waals surface area contributed by atoms with Crippen LogP contribution in [0.2, 0.25) is 0 Å². The lowest BCUT2D eigenvalue weighted by molar-refractivity contribution is -0.0236. The predicted octanol–water partition coefficient (Wildman–Crippen LogP) is 3.11. The Morgan fingerprint density at radius 1 is 1.13 bits per heavy atom. The Morgan fingerprint density at radius 3 is 2.40 bits per heavy atom. The zero-order valence-corrected chi connectivity index (χ0v) is 10.6. The molecule has 1 N–H and O–H groups in total. The maximum Gasteiger partial charge on any atom is 0.0731 e. The smallest absolute Gasteiger partial charge is 0.0731 e. The van der Waals surface area contributed by atoms with E-state index in [2.05, 4.69) is 26.1 Å². The van der Waals surface area contributed by atoms with Crippen LogP contribution in [0.4, 0.5) is 0 Å². The van der Waals surface area contributed by atoms with Crippen LogP contribution in [0.15, 0.2) is 0 Å². The fourth-order valence-electron chi connectivity index (χ4n) is 2.46.